The number of amides is 3. The van der Waals surface area contributed by atoms with E-state index in [2.05, 4.69) is 16.0 Å². The number of carboxylic acid groups (broad SMARTS) is 1. The molecule has 178 valence electrons. The zero-order valence-electron chi connectivity index (χ0n) is 19.3. The molecule has 0 radical (unpaired) electrons. The molecule has 1 rings (SSSR count). The molecule has 0 aliphatic carbocycles. The van der Waals surface area contributed by atoms with E-state index in [-0.39, 0.29) is 18.3 Å². The second-order valence-electron chi connectivity index (χ2n) is 8.47. The Kier molecular flexibility index (Phi) is 11.4. The van der Waals surface area contributed by atoms with Gasteiger partial charge in [0.1, 0.15) is 18.6 Å². The van der Waals surface area contributed by atoms with E-state index in [1.807, 2.05) is 58.0 Å². The van der Waals surface area contributed by atoms with Gasteiger partial charge in [0, 0.05) is 6.42 Å². The number of carbonyl (C=O) groups excluding carboxylic acids is 3. The van der Waals surface area contributed by atoms with Gasteiger partial charge in [0.25, 0.3) is 0 Å². The number of hydrogen-bond donors (Lipinski definition) is 5. The van der Waals surface area contributed by atoms with Gasteiger partial charge in [0.05, 0.1) is 6.04 Å². The zero-order valence-corrected chi connectivity index (χ0v) is 19.3. The van der Waals surface area contributed by atoms with Crippen LogP contribution in [0.4, 0.5) is 0 Å². The van der Waals surface area contributed by atoms with Gasteiger partial charge in [-0.15, -0.1) is 0 Å². The van der Waals surface area contributed by atoms with Crippen LogP contribution >= 0.6 is 0 Å². The van der Waals surface area contributed by atoms with Crippen molar-refractivity contribution >= 4 is 23.7 Å². The first-order chi connectivity index (χ1) is 15.0. The Morgan fingerprint density at radius 2 is 1.59 bits per heavy atom. The average molecular weight is 449 g/mol. The van der Waals surface area contributed by atoms with Crippen molar-refractivity contribution in [3.05, 3.63) is 35.9 Å². The molecule has 1 aromatic rings. The molecule has 0 fully saturated rings. The molecule has 6 N–H and O–H groups in total. The Labute approximate surface area is 189 Å². The monoisotopic (exact) mass is 448 g/mol. The topological polar surface area (TPSA) is 151 Å². The molecule has 0 saturated carbocycles. The third kappa shape index (κ3) is 9.47. The molecule has 4 unspecified atom stereocenters. The quantitative estimate of drug-likeness (QED) is 0.301. The zero-order chi connectivity index (χ0) is 24.3. The minimum atomic E-state index is -1.19. The lowest BCUT2D eigenvalue weighted by Gasteiger charge is -2.27. The second kappa shape index (κ2) is 13.5. The average Bonchev–Trinajstić information content (AvgIpc) is 2.74. The molecule has 0 aliphatic rings. The lowest BCUT2D eigenvalue weighted by atomic mass is 9.96. The maximum atomic E-state index is 13.1. The number of aliphatic carboxylic acids is 1. The van der Waals surface area contributed by atoms with Crippen LogP contribution in [0.3, 0.4) is 0 Å². The Morgan fingerprint density at radius 3 is 2.12 bits per heavy atom. The van der Waals surface area contributed by atoms with Gasteiger partial charge in [-0.25, -0.2) is 0 Å². The number of carboxylic acids is 1. The van der Waals surface area contributed by atoms with E-state index in [1.165, 1.54) is 0 Å². The summed E-state index contributed by atoms with van der Waals surface area (Å²) >= 11 is 0. The van der Waals surface area contributed by atoms with Gasteiger partial charge in [0.2, 0.25) is 17.7 Å². The fourth-order valence-corrected chi connectivity index (χ4v) is 3.18. The number of hydrogen-bond acceptors (Lipinski definition) is 5. The van der Waals surface area contributed by atoms with Crippen LogP contribution in [-0.2, 0) is 25.6 Å². The van der Waals surface area contributed by atoms with Gasteiger partial charge < -0.3 is 26.8 Å². The number of nitrogens with one attached hydrogen (secondary N) is 3. The number of nitrogens with two attached hydrogens (primary N) is 1. The van der Waals surface area contributed by atoms with Crippen molar-refractivity contribution in [3.63, 3.8) is 0 Å². The van der Waals surface area contributed by atoms with Crippen molar-refractivity contribution in [3.8, 4) is 0 Å². The molecule has 9 heteroatoms. The lowest BCUT2D eigenvalue weighted by Crippen LogP contribution is -2.58. The molecule has 0 spiro atoms. The Bertz CT molecular complexity index is 769. The molecular formula is C23H36N4O5. The van der Waals surface area contributed by atoms with Gasteiger partial charge in [-0.2, -0.15) is 0 Å². The molecule has 1 aromatic carbocycles. The maximum Gasteiger partial charge on any atom is 0.322 e. The fourth-order valence-electron chi connectivity index (χ4n) is 3.18. The van der Waals surface area contributed by atoms with E-state index in [0.29, 0.717) is 12.8 Å². The van der Waals surface area contributed by atoms with Crippen molar-refractivity contribution < 1.29 is 24.3 Å². The second-order valence-corrected chi connectivity index (χ2v) is 8.47. The molecule has 9 nitrogen and oxygen atoms in total. The molecule has 0 bridgehead atoms. The van der Waals surface area contributed by atoms with Gasteiger partial charge >= 0.3 is 5.97 Å². The highest BCUT2D eigenvalue weighted by molar-refractivity contribution is 5.94. The van der Waals surface area contributed by atoms with E-state index >= 15 is 0 Å². The minimum Gasteiger partial charge on any atom is -0.480 e. The van der Waals surface area contributed by atoms with Crippen molar-refractivity contribution in [2.75, 3.05) is 6.54 Å². The molecule has 32 heavy (non-hydrogen) atoms. The molecule has 0 saturated heterocycles. The Hall–Kier alpha value is -2.94. The summed E-state index contributed by atoms with van der Waals surface area (Å²) in [6, 6.07) is 6.44. The summed E-state index contributed by atoms with van der Waals surface area (Å²) < 4.78 is 0. The predicted molar refractivity (Wildman–Crippen MR) is 122 cm³/mol. The van der Waals surface area contributed by atoms with Crippen LogP contribution in [0.2, 0.25) is 0 Å². The van der Waals surface area contributed by atoms with Crippen LogP contribution < -0.4 is 21.7 Å². The maximum absolute atomic E-state index is 13.1. The first-order valence-electron chi connectivity index (χ1n) is 10.9. The summed E-state index contributed by atoms with van der Waals surface area (Å²) in [4.78, 5) is 49.1. The largest absolute Gasteiger partial charge is 0.480 e. The predicted octanol–water partition coefficient (Wildman–Crippen LogP) is 0.819. The number of rotatable bonds is 13. The van der Waals surface area contributed by atoms with Gasteiger partial charge in [0.15, 0.2) is 0 Å². The third-order valence-corrected chi connectivity index (χ3v) is 5.18. The molecule has 3 amide bonds. The number of benzene rings is 1. The first kappa shape index (κ1) is 27.1. The van der Waals surface area contributed by atoms with Crippen molar-refractivity contribution in [2.24, 2.45) is 17.6 Å². The highest BCUT2D eigenvalue weighted by Gasteiger charge is 2.31. The van der Waals surface area contributed by atoms with Crippen molar-refractivity contribution in [2.45, 2.75) is 65.1 Å². The standard InChI is InChI=1S/C23H36N4O5/c1-5-15(4)20(27-21(30)17(24)11-14(2)3)23(32)26-18(22(31)25-13-19(28)29)12-16-9-7-6-8-10-16/h6-10,14-15,17-18,20H,5,11-13,24H2,1-4H3,(H,25,31)(H,26,32)(H,27,30)(H,28,29). The SMILES string of the molecule is CCC(C)C(NC(=O)C(N)CC(C)C)C(=O)NC(Cc1ccccc1)C(=O)NCC(=O)O. The van der Waals surface area contributed by atoms with E-state index in [4.69, 9.17) is 10.8 Å². The Balaban J connectivity index is 3.00. The van der Waals surface area contributed by atoms with Crippen LogP contribution in [0.5, 0.6) is 0 Å². The lowest BCUT2D eigenvalue weighted by molar-refractivity contribution is -0.138. The molecule has 0 aromatic heterocycles. The van der Waals surface area contributed by atoms with E-state index in [0.717, 1.165) is 5.56 Å². The summed E-state index contributed by atoms with van der Waals surface area (Å²) in [6.07, 6.45) is 1.27. The third-order valence-electron chi connectivity index (χ3n) is 5.18. The summed E-state index contributed by atoms with van der Waals surface area (Å²) in [5.41, 5.74) is 6.76. The summed E-state index contributed by atoms with van der Waals surface area (Å²) in [5, 5.41) is 16.6. The van der Waals surface area contributed by atoms with Crippen molar-refractivity contribution in [1.29, 1.82) is 0 Å². The molecule has 4 atom stereocenters. The summed E-state index contributed by atoms with van der Waals surface area (Å²) in [6.45, 7) is 7.07. The Morgan fingerprint density at radius 1 is 0.969 bits per heavy atom. The van der Waals surface area contributed by atoms with Crippen molar-refractivity contribution in [1.82, 2.24) is 16.0 Å². The normalized spacial score (nSPS) is 14.7. The van der Waals surface area contributed by atoms with Crippen LogP contribution in [0, 0.1) is 11.8 Å². The van der Waals surface area contributed by atoms with Gasteiger partial charge in [-0.05, 0) is 23.8 Å². The van der Waals surface area contributed by atoms with Crippen LogP contribution in [0.25, 0.3) is 0 Å². The van der Waals surface area contributed by atoms with Crippen LogP contribution in [0.1, 0.15) is 46.1 Å². The minimum absolute atomic E-state index is 0.173. The van der Waals surface area contributed by atoms with Gasteiger partial charge in [-0.1, -0.05) is 64.4 Å². The summed E-state index contributed by atoms with van der Waals surface area (Å²) in [5.74, 6) is -2.73. The first-order valence-corrected chi connectivity index (χ1v) is 10.9. The number of carbonyl (C=O) groups is 4. The van der Waals surface area contributed by atoms with E-state index in [1.54, 1.807) is 0 Å². The van der Waals surface area contributed by atoms with Gasteiger partial charge in [-0.3, -0.25) is 19.2 Å². The highest BCUT2D eigenvalue weighted by Crippen LogP contribution is 2.11. The smallest absolute Gasteiger partial charge is 0.322 e. The molecular weight excluding hydrogens is 412 g/mol. The molecule has 0 aliphatic heterocycles. The van der Waals surface area contributed by atoms with E-state index < -0.39 is 48.4 Å². The fraction of sp³-hybridized carbons (Fsp3) is 0.565. The highest BCUT2D eigenvalue weighted by atomic mass is 16.4. The van der Waals surface area contributed by atoms with Crippen LogP contribution in [-0.4, -0.2) is 53.5 Å². The van der Waals surface area contributed by atoms with Crippen LogP contribution in [0.15, 0.2) is 30.3 Å². The van der Waals surface area contributed by atoms with E-state index in [9.17, 15) is 19.2 Å². The summed E-state index contributed by atoms with van der Waals surface area (Å²) in [7, 11) is 0. The molecule has 0 heterocycles.